The Kier molecular flexibility index (Phi) is 6.83. The van der Waals surface area contributed by atoms with Crippen molar-refractivity contribution in [1.29, 1.82) is 5.26 Å². The Bertz CT molecular complexity index is 1690. The van der Waals surface area contributed by atoms with E-state index in [9.17, 15) is 14.4 Å². The highest BCUT2D eigenvalue weighted by atomic mass is 32.1. The number of pyridine rings is 1. The van der Waals surface area contributed by atoms with Crippen LogP contribution in [0.25, 0.3) is 16.8 Å². The molecule has 0 radical (unpaired) electrons. The number of aryl methyl sites for hydroxylation is 1. The van der Waals surface area contributed by atoms with Crippen LogP contribution in [0.1, 0.15) is 41.3 Å². The van der Waals surface area contributed by atoms with Crippen molar-refractivity contribution >= 4 is 39.3 Å². The fraction of sp³-hybridized carbons (Fsp3) is 0.419. The van der Waals surface area contributed by atoms with Crippen molar-refractivity contribution < 1.29 is 13.9 Å². The predicted octanol–water partition coefficient (Wildman–Crippen LogP) is 5.11. The van der Waals surface area contributed by atoms with Crippen molar-refractivity contribution in [2.75, 3.05) is 56.2 Å². The van der Waals surface area contributed by atoms with Gasteiger partial charge in [0.25, 0.3) is 0 Å². The van der Waals surface area contributed by atoms with Gasteiger partial charge in [0.1, 0.15) is 22.5 Å². The van der Waals surface area contributed by atoms with E-state index in [-0.39, 0.29) is 17.6 Å². The molecular formula is C31H32FN7O2S. The van der Waals surface area contributed by atoms with E-state index in [2.05, 4.69) is 30.2 Å². The number of piperazine rings is 1. The Balaban J connectivity index is 1.21. The molecule has 11 heteroatoms. The normalized spacial score (nSPS) is 19.0. The van der Waals surface area contributed by atoms with Crippen LogP contribution in [0.4, 0.5) is 20.9 Å². The van der Waals surface area contributed by atoms with Crippen molar-refractivity contribution in [3.8, 4) is 17.3 Å². The lowest BCUT2D eigenvalue weighted by molar-refractivity contribution is -0.135. The highest BCUT2D eigenvalue weighted by Gasteiger charge is 2.34. The molecule has 0 unspecified atom stereocenters. The Morgan fingerprint density at radius 2 is 1.93 bits per heavy atom. The van der Waals surface area contributed by atoms with E-state index in [1.807, 2.05) is 21.4 Å². The van der Waals surface area contributed by atoms with E-state index in [1.54, 1.807) is 12.1 Å². The number of rotatable bonds is 6. The van der Waals surface area contributed by atoms with Gasteiger partial charge < -0.3 is 19.4 Å². The molecule has 2 aliphatic heterocycles. The second-order valence-corrected chi connectivity index (χ2v) is 12.4. The second kappa shape index (κ2) is 10.7. The predicted molar refractivity (Wildman–Crippen MR) is 160 cm³/mol. The number of thiazole rings is 1. The summed E-state index contributed by atoms with van der Waals surface area (Å²) in [4.78, 5) is 24.7. The third-order valence-electron chi connectivity index (χ3n) is 8.57. The molecular weight excluding hydrogens is 553 g/mol. The van der Waals surface area contributed by atoms with Crippen LogP contribution in [0.15, 0.2) is 36.5 Å². The summed E-state index contributed by atoms with van der Waals surface area (Å²) in [6.07, 6.45) is 5.10. The van der Waals surface area contributed by atoms with Crippen LogP contribution in [-0.4, -0.2) is 71.8 Å². The summed E-state index contributed by atoms with van der Waals surface area (Å²) in [5, 5.41) is 15.6. The molecule has 42 heavy (non-hydrogen) atoms. The van der Waals surface area contributed by atoms with Crippen molar-refractivity contribution in [3.05, 3.63) is 58.5 Å². The molecule has 0 spiro atoms. The maximum Gasteiger partial charge on any atom is 0.228 e. The number of nitrogens with zero attached hydrogens (tertiary/aromatic N) is 7. The van der Waals surface area contributed by atoms with Gasteiger partial charge in [-0.1, -0.05) is 11.3 Å². The quantitative estimate of drug-likeness (QED) is 0.311. The van der Waals surface area contributed by atoms with Gasteiger partial charge in [0, 0.05) is 63.2 Å². The largest absolute Gasteiger partial charge is 0.381 e. The third kappa shape index (κ3) is 4.78. The maximum atomic E-state index is 13.6. The number of hydrogen-bond donors (Lipinski definition) is 0. The lowest BCUT2D eigenvalue weighted by atomic mass is 10.1. The lowest BCUT2D eigenvalue weighted by Crippen LogP contribution is -2.50. The Morgan fingerprint density at radius 3 is 2.60 bits per heavy atom. The van der Waals surface area contributed by atoms with Crippen LogP contribution < -0.4 is 9.80 Å². The highest BCUT2D eigenvalue weighted by molar-refractivity contribution is 7.16. The van der Waals surface area contributed by atoms with Gasteiger partial charge in [0.05, 0.1) is 29.4 Å². The first-order valence-corrected chi connectivity index (χ1v) is 15.3. The number of carbonyl (C=O) groups excluding carboxylic acids is 1. The average Bonchev–Trinajstić information content (AvgIpc) is 3.38. The molecule has 5 heterocycles. The number of amides is 1. The van der Waals surface area contributed by atoms with Gasteiger partial charge in [0.2, 0.25) is 5.91 Å². The van der Waals surface area contributed by atoms with Crippen molar-refractivity contribution in [3.63, 3.8) is 0 Å². The summed E-state index contributed by atoms with van der Waals surface area (Å²) in [7, 11) is 1.98. The van der Waals surface area contributed by atoms with Crippen LogP contribution in [-0.2, 0) is 9.53 Å². The average molecular weight is 586 g/mol. The van der Waals surface area contributed by atoms with Crippen LogP contribution in [0.5, 0.6) is 0 Å². The molecule has 3 aliphatic rings. The van der Waals surface area contributed by atoms with Crippen LogP contribution >= 0.6 is 11.3 Å². The van der Waals surface area contributed by atoms with E-state index in [0.29, 0.717) is 53.5 Å². The van der Waals surface area contributed by atoms with Gasteiger partial charge in [-0.2, -0.15) is 10.4 Å². The number of halogens is 1. The standard InChI is InChI=1S/C31H32FN7O2S/c1-19-17-39-25(15-24(19)37-10-12-38(13-11-37)30(40)22-9-14-41-18-22)29(28(35-39)21-3-4-21)36(2)31-34-27(26(16-33)42-31)20-5-7-23(32)8-6-20/h5-8,15,17,21-22H,3-4,9-14,18H2,1-2H3/t22-/m1/s1. The molecule has 1 aromatic carbocycles. The molecule has 2 saturated heterocycles. The van der Waals surface area contributed by atoms with Crippen molar-refractivity contribution in [2.45, 2.75) is 32.1 Å². The topological polar surface area (TPSA) is 90.0 Å². The number of fused-ring (bicyclic) bond motifs is 1. The minimum absolute atomic E-state index is 0.00338. The Morgan fingerprint density at radius 1 is 1.17 bits per heavy atom. The molecule has 1 saturated carbocycles. The van der Waals surface area contributed by atoms with Crippen LogP contribution in [0.2, 0.25) is 0 Å². The first kappa shape index (κ1) is 26.9. The van der Waals surface area contributed by atoms with Gasteiger partial charge >= 0.3 is 0 Å². The number of ether oxygens (including phenoxy) is 1. The number of hydrogen-bond acceptors (Lipinski definition) is 8. The molecule has 4 aromatic rings. The minimum Gasteiger partial charge on any atom is -0.381 e. The molecule has 0 N–H and O–H groups in total. The smallest absolute Gasteiger partial charge is 0.228 e. The zero-order valence-corrected chi connectivity index (χ0v) is 24.5. The first-order chi connectivity index (χ1) is 20.4. The summed E-state index contributed by atoms with van der Waals surface area (Å²) in [6, 6.07) is 10.6. The van der Waals surface area contributed by atoms with Crippen molar-refractivity contribution in [1.82, 2.24) is 19.5 Å². The monoisotopic (exact) mass is 585 g/mol. The summed E-state index contributed by atoms with van der Waals surface area (Å²) < 4.78 is 21.0. The fourth-order valence-corrected chi connectivity index (χ4v) is 6.93. The van der Waals surface area contributed by atoms with Crippen LogP contribution in [0, 0.1) is 30.0 Å². The van der Waals surface area contributed by atoms with Gasteiger partial charge in [-0.05, 0) is 62.1 Å². The SMILES string of the molecule is Cc1cn2nc(C3CC3)c(N(C)c3nc(-c4ccc(F)cc4)c(C#N)s3)c2cc1N1CCN(C(=O)[C@@H]2CCOC2)CC1. The first-order valence-electron chi connectivity index (χ1n) is 14.5. The van der Waals surface area contributed by atoms with E-state index in [0.717, 1.165) is 60.5 Å². The maximum absolute atomic E-state index is 13.6. The van der Waals surface area contributed by atoms with Crippen LogP contribution in [0.3, 0.4) is 0 Å². The Labute approximate surface area is 247 Å². The summed E-state index contributed by atoms with van der Waals surface area (Å²) in [5.74, 6) is 0.282. The minimum atomic E-state index is -0.326. The number of aromatic nitrogens is 3. The van der Waals surface area contributed by atoms with Crippen molar-refractivity contribution in [2.24, 2.45) is 5.92 Å². The van der Waals surface area contributed by atoms with Gasteiger partial charge in [-0.3, -0.25) is 4.79 Å². The summed E-state index contributed by atoms with van der Waals surface area (Å²) >= 11 is 1.33. The van der Waals surface area contributed by atoms with E-state index in [1.165, 1.54) is 23.5 Å². The summed E-state index contributed by atoms with van der Waals surface area (Å²) in [5.41, 5.74) is 6.56. The zero-order valence-electron chi connectivity index (χ0n) is 23.7. The number of benzene rings is 1. The molecule has 1 aliphatic carbocycles. The molecule has 3 fully saturated rings. The van der Waals surface area contributed by atoms with E-state index < -0.39 is 0 Å². The molecule has 1 amide bonds. The molecule has 1 atom stereocenters. The number of nitriles is 1. The second-order valence-electron chi connectivity index (χ2n) is 11.4. The molecule has 7 rings (SSSR count). The third-order valence-corrected chi connectivity index (χ3v) is 9.61. The van der Waals surface area contributed by atoms with Gasteiger partial charge in [-0.25, -0.2) is 13.9 Å². The fourth-order valence-electron chi connectivity index (χ4n) is 6.08. The molecule has 216 valence electrons. The lowest BCUT2D eigenvalue weighted by Gasteiger charge is -2.37. The molecule has 3 aromatic heterocycles. The van der Waals surface area contributed by atoms with Gasteiger partial charge in [0.15, 0.2) is 5.13 Å². The molecule has 0 bridgehead atoms. The number of carbonyl (C=O) groups is 1. The molecule has 9 nitrogen and oxygen atoms in total. The Hall–Kier alpha value is -4.01. The van der Waals surface area contributed by atoms with E-state index >= 15 is 0 Å². The van der Waals surface area contributed by atoms with E-state index in [4.69, 9.17) is 14.8 Å². The number of anilines is 3. The zero-order chi connectivity index (χ0) is 29.0. The summed E-state index contributed by atoms with van der Waals surface area (Å²) in [6.45, 7) is 6.25. The highest BCUT2D eigenvalue weighted by Crippen LogP contribution is 2.48. The van der Waals surface area contributed by atoms with Gasteiger partial charge in [-0.15, -0.1) is 0 Å².